The molecule has 3 heteroatoms. The van der Waals surface area contributed by atoms with Gasteiger partial charge in [-0.25, -0.2) is 0 Å². The average Bonchev–Trinajstić information content (AvgIpc) is 2.70. The summed E-state index contributed by atoms with van der Waals surface area (Å²) < 4.78 is 0. The van der Waals surface area contributed by atoms with Crippen LogP contribution in [0.4, 0.5) is 0 Å². The van der Waals surface area contributed by atoms with Crippen molar-refractivity contribution in [1.82, 2.24) is 5.32 Å². The molecule has 2 unspecified atom stereocenters. The van der Waals surface area contributed by atoms with Crippen molar-refractivity contribution in [3.8, 4) is 0 Å². The minimum absolute atomic E-state index is 0.213. The molecule has 0 bridgehead atoms. The molecule has 0 aromatic carbocycles. The van der Waals surface area contributed by atoms with Crippen LogP contribution in [-0.4, -0.2) is 23.5 Å². The van der Waals surface area contributed by atoms with Gasteiger partial charge in [-0.3, -0.25) is 4.79 Å². The van der Waals surface area contributed by atoms with E-state index in [-0.39, 0.29) is 5.91 Å². The first-order chi connectivity index (χ1) is 7.72. The number of rotatable bonds is 7. The van der Waals surface area contributed by atoms with Gasteiger partial charge in [0.25, 0.3) is 0 Å². The lowest BCUT2D eigenvalue weighted by Gasteiger charge is -2.15. The van der Waals surface area contributed by atoms with E-state index in [2.05, 4.69) is 31.3 Å². The third kappa shape index (κ3) is 5.59. The number of nitrogens with one attached hydrogen (secondary N) is 1. The molecule has 0 heterocycles. The van der Waals surface area contributed by atoms with Gasteiger partial charge in [-0.15, -0.1) is 0 Å². The summed E-state index contributed by atoms with van der Waals surface area (Å²) in [6.07, 6.45) is 8.39. The first-order valence-electron chi connectivity index (χ1n) is 6.26. The predicted octanol–water partition coefficient (Wildman–Crippen LogP) is 2.99. The maximum atomic E-state index is 11.7. The van der Waals surface area contributed by atoms with Gasteiger partial charge in [0.05, 0.1) is 0 Å². The van der Waals surface area contributed by atoms with E-state index in [1.54, 1.807) is 0 Å². The molecule has 1 aliphatic rings. The predicted molar refractivity (Wildman–Crippen MR) is 71.7 cm³/mol. The molecule has 1 N–H and O–H groups in total. The van der Waals surface area contributed by atoms with Crippen LogP contribution in [0.1, 0.15) is 39.5 Å². The second-order valence-corrected chi connectivity index (χ2v) is 5.82. The zero-order chi connectivity index (χ0) is 11.8. The normalized spacial score (nSPS) is 21.0. The molecule has 0 saturated carbocycles. The summed E-state index contributed by atoms with van der Waals surface area (Å²) in [6.45, 7) is 4.26. The fraction of sp³-hybridized carbons (Fsp3) is 0.769. The van der Waals surface area contributed by atoms with E-state index in [9.17, 15) is 4.79 Å². The summed E-state index contributed by atoms with van der Waals surface area (Å²) in [4.78, 5) is 11.7. The number of hydrogen-bond acceptors (Lipinski definition) is 2. The van der Waals surface area contributed by atoms with Crippen molar-refractivity contribution >= 4 is 17.7 Å². The maximum absolute atomic E-state index is 11.7. The van der Waals surface area contributed by atoms with Crippen LogP contribution in [0.15, 0.2) is 12.2 Å². The largest absolute Gasteiger partial charge is 0.354 e. The Kier molecular flexibility index (Phi) is 6.62. The van der Waals surface area contributed by atoms with Gasteiger partial charge < -0.3 is 5.32 Å². The molecule has 0 aromatic heterocycles. The lowest BCUT2D eigenvalue weighted by Crippen LogP contribution is -2.33. The number of carbonyl (C=O) groups is 1. The summed E-state index contributed by atoms with van der Waals surface area (Å²) in [7, 11) is 0. The van der Waals surface area contributed by atoms with Crippen LogP contribution in [0.2, 0.25) is 0 Å². The zero-order valence-electron chi connectivity index (χ0n) is 10.4. The molecule has 0 aromatic rings. The maximum Gasteiger partial charge on any atom is 0.220 e. The van der Waals surface area contributed by atoms with E-state index in [1.165, 1.54) is 0 Å². The van der Waals surface area contributed by atoms with E-state index in [0.717, 1.165) is 30.8 Å². The molecule has 0 aliphatic heterocycles. The van der Waals surface area contributed by atoms with E-state index in [4.69, 9.17) is 0 Å². The minimum Gasteiger partial charge on any atom is -0.354 e. The third-order valence-electron chi connectivity index (χ3n) is 2.87. The Morgan fingerprint density at radius 1 is 1.62 bits per heavy atom. The highest BCUT2D eigenvalue weighted by Crippen LogP contribution is 2.20. The highest BCUT2D eigenvalue weighted by Gasteiger charge is 2.15. The van der Waals surface area contributed by atoms with Gasteiger partial charge in [0, 0.05) is 12.5 Å². The molecular formula is C13H23NOS. The molecule has 2 atom stereocenters. The van der Waals surface area contributed by atoms with Crippen LogP contribution >= 0.6 is 11.8 Å². The fourth-order valence-electron chi connectivity index (χ4n) is 1.91. The molecule has 2 nitrogen and oxygen atoms in total. The quantitative estimate of drug-likeness (QED) is 0.548. The molecular weight excluding hydrogens is 218 g/mol. The van der Waals surface area contributed by atoms with E-state index < -0.39 is 0 Å². The molecule has 1 rings (SSSR count). The highest BCUT2D eigenvalue weighted by molar-refractivity contribution is 7.99. The van der Waals surface area contributed by atoms with Gasteiger partial charge in [0.2, 0.25) is 5.91 Å². The topological polar surface area (TPSA) is 29.1 Å². The Hall–Kier alpha value is -0.440. The standard InChI is InChI=1S/C13H23NOS/c1-3-16-9-8-11(2)14-13(15)10-12-6-4-5-7-12/h4,6,11-12H,3,5,7-10H2,1-2H3,(H,14,15). The third-order valence-corrected chi connectivity index (χ3v) is 3.80. The molecule has 0 saturated heterocycles. The Bertz CT molecular complexity index is 240. The molecule has 0 spiro atoms. The summed E-state index contributed by atoms with van der Waals surface area (Å²) >= 11 is 1.93. The van der Waals surface area contributed by atoms with Gasteiger partial charge in [-0.1, -0.05) is 19.1 Å². The van der Waals surface area contributed by atoms with Crippen molar-refractivity contribution in [3.05, 3.63) is 12.2 Å². The smallest absolute Gasteiger partial charge is 0.220 e. The van der Waals surface area contributed by atoms with E-state index in [1.807, 2.05) is 11.8 Å². The molecule has 1 amide bonds. The van der Waals surface area contributed by atoms with Gasteiger partial charge in [-0.05, 0) is 43.6 Å². The number of carbonyl (C=O) groups excluding carboxylic acids is 1. The lowest BCUT2D eigenvalue weighted by molar-refractivity contribution is -0.122. The highest BCUT2D eigenvalue weighted by atomic mass is 32.2. The average molecular weight is 241 g/mol. The van der Waals surface area contributed by atoms with Crippen LogP contribution in [0, 0.1) is 5.92 Å². The Morgan fingerprint density at radius 3 is 3.06 bits per heavy atom. The monoisotopic (exact) mass is 241 g/mol. The number of hydrogen-bond donors (Lipinski definition) is 1. The summed E-state index contributed by atoms with van der Waals surface area (Å²) in [5, 5.41) is 3.08. The molecule has 0 fully saturated rings. The van der Waals surface area contributed by atoms with Crippen molar-refractivity contribution in [2.45, 2.75) is 45.6 Å². The van der Waals surface area contributed by atoms with Crippen molar-refractivity contribution < 1.29 is 4.79 Å². The number of thioether (sulfide) groups is 1. The van der Waals surface area contributed by atoms with E-state index >= 15 is 0 Å². The molecule has 16 heavy (non-hydrogen) atoms. The van der Waals surface area contributed by atoms with Gasteiger partial charge in [-0.2, -0.15) is 11.8 Å². The van der Waals surface area contributed by atoms with Crippen molar-refractivity contribution in [2.75, 3.05) is 11.5 Å². The Morgan fingerprint density at radius 2 is 2.44 bits per heavy atom. The first-order valence-corrected chi connectivity index (χ1v) is 7.41. The molecule has 1 aliphatic carbocycles. The van der Waals surface area contributed by atoms with Gasteiger partial charge >= 0.3 is 0 Å². The SMILES string of the molecule is CCSCCC(C)NC(=O)CC1C=CCC1. The lowest BCUT2D eigenvalue weighted by atomic mass is 10.0. The fourth-order valence-corrected chi connectivity index (χ4v) is 2.72. The van der Waals surface area contributed by atoms with Crippen molar-refractivity contribution in [3.63, 3.8) is 0 Å². The second kappa shape index (κ2) is 7.77. The Balaban J connectivity index is 2.10. The van der Waals surface area contributed by atoms with Crippen molar-refractivity contribution in [2.24, 2.45) is 5.92 Å². The minimum atomic E-state index is 0.213. The van der Waals surface area contributed by atoms with Crippen LogP contribution in [0.5, 0.6) is 0 Å². The summed E-state index contributed by atoms with van der Waals surface area (Å²) in [6, 6.07) is 0.317. The Labute approximate surface area is 103 Å². The van der Waals surface area contributed by atoms with Crippen LogP contribution < -0.4 is 5.32 Å². The van der Waals surface area contributed by atoms with Crippen LogP contribution in [0.3, 0.4) is 0 Å². The summed E-state index contributed by atoms with van der Waals surface area (Å²) in [5.74, 6) is 3.00. The number of amides is 1. The summed E-state index contributed by atoms with van der Waals surface area (Å²) in [5.41, 5.74) is 0. The zero-order valence-corrected chi connectivity index (χ0v) is 11.2. The van der Waals surface area contributed by atoms with Crippen LogP contribution in [0.25, 0.3) is 0 Å². The van der Waals surface area contributed by atoms with Crippen molar-refractivity contribution in [1.29, 1.82) is 0 Å². The van der Waals surface area contributed by atoms with E-state index in [0.29, 0.717) is 18.4 Å². The second-order valence-electron chi connectivity index (χ2n) is 4.42. The molecule has 92 valence electrons. The number of allylic oxidation sites excluding steroid dienone is 2. The molecule has 0 radical (unpaired) electrons. The van der Waals surface area contributed by atoms with Gasteiger partial charge in [0.1, 0.15) is 0 Å². The first kappa shape index (κ1) is 13.6. The van der Waals surface area contributed by atoms with Gasteiger partial charge in [0.15, 0.2) is 0 Å². The van der Waals surface area contributed by atoms with Crippen LogP contribution in [-0.2, 0) is 4.79 Å².